The second-order valence-corrected chi connectivity index (χ2v) is 12.2. The molecule has 222 valence electrons. The highest BCUT2D eigenvalue weighted by molar-refractivity contribution is 8.00. The normalized spacial score (nSPS) is 16.2. The molecule has 0 bridgehead atoms. The molecule has 1 amide bonds. The first-order valence-corrected chi connectivity index (χ1v) is 15.5. The molecule has 8 nitrogen and oxygen atoms in total. The Morgan fingerprint density at radius 2 is 1.84 bits per heavy atom. The molecule has 1 aliphatic rings. The number of halogens is 1. The molecule has 2 N–H and O–H groups in total. The number of thioether (sulfide) groups is 1. The highest BCUT2D eigenvalue weighted by atomic mass is 32.2. The van der Waals surface area contributed by atoms with Gasteiger partial charge < -0.3 is 14.9 Å². The van der Waals surface area contributed by atoms with Crippen LogP contribution in [0.4, 0.5) is 9.52 Å². The van der Waals surface area contributed by atoms with Gasteiger partial charge in [0.1, 0.15) is 11.6 Å². The first kappa shape index (κ1) is 29.3. The molecule has 44 heavy (non-hydrogen) atoms. The second-order valence-electron chi connectivity index (χ2n) is 10.1. The van der Waals surface area contributed by atoms with Crippen LogP contribution in [0, 0.1) is 12.7 Å². The fraction of sp³-hybridized carbons (Fsp3) is 0.152. The Labute approximate surface area is 260 Å². The lowest BCUT2D eigenvalue weighted by Crippen LogP contribution is -2.29. The van der Waals surface area contributed by atoms with Crippen LogP contribution in [0.2, 0.25) is 0 Å². The van der Waals surface area contributed by atoms with Gasteiger partial charge in [-0.1, -0.05) is 83.8 Å². The van der Waals surface area contributed by atoms with E-state index in [-0.39, 0.29) is 34.4 Å². The van der Waals surface area contributed by atoms with E-state index >= 15 is 0 Å². The van der Waals surface area contributed by atoms with E-state index in [1.807, 2.05) is 24.3 Å². The molecule has 0 radical (unpaired) electrons. The number of rotatable bonds is 8. The van der Waals surface area contributed by atoms with Crippen LogP contribution >= 0.6 is 23.1 Å². The van der Waals surface area contributed by atoms with Gasteiger partial charge in [-0.25, -0.2) is 4.39 Å². The fourth-order valence-corrected chi connectivity index (χ4v) is 7.00. The van der Waals surface area contributed by atoms with E-state index in [4.69, 9.17) is 4.74 Å². The minimum atomic E-state index is -1.15. The summed E-state index contributed by atoms with van der Waals surface area (Å²) in [4.78, 5) is 28.3. The molecule has 11 heteroatoms. The zero-order chi connectivity index (χ0) is 31.0. The number of Topliss-reactive ketones (excluding diaryl/α,β-unsaturated/α-hetero) is 1. The number of carbonyl (C=O) groups excluding carboxylic acids is 2. The summed E-state index contributed by atoms with van der Waals surface area (Å²) in [6.45, 7) is 3.59. The van der Waals surface area contributed by atoms with Gasteiger partial charge in [-0.05, 0) is 59.5 Å². The zero-order valence-corrected chi connectivity index (χ0v) is 25.3. The summed E-state index contributed by atoms with van der Waals surface area (Å²) in [5, 5.41) is 32.6. The van der Waals surface area contributed by atoms with Gasteiger partial charge in [0.15, 0.2) is 15.8 Å². The van der Waals surface area contributed by atoms with Crippen LogP contribution in [0.5, 0.6) is 11.5 Å². The summed E-state index contributed by atoms with van der Waals surface area (Å²) in [5.74, 6) is -2.36. The lowest BCUT2D eigenvalue weighted by Gasteiger charge is -2.23. The molecular formula is C33H26FN3O5S2. The number of aromatic nitrogens is 2. The van der Waals surface area contributed by atoms with Crippen molar-refractivity contribution in [1.29, 1.82) is 0 Å². The number of ether oxygens (including phenoxy) is 1. The Kier molecular flexibility index (Phi) is 8.07. The number of benzene rings is 4. The summed E-state index contributed by atoms with van der Waals surface area (Å²) in [6.07, 6.45) is 0. The number of aromatic hydroxyl groups is 1. The Hall–Kier alpha value is -4.74. The predicted molar refractivity (Wildman–Crippen MR) is 169 cm³/mol. The fourth-order valence-electron chi connectivity index (χ4n) is 5.13. The number of fused-ring (bicyclic) bond motifs is 1. The van der Waals surface area contributed by atoms with Crippen molar-refractivity contribution in [2.24, 2.45) is 0 Å². The third-order valence-corrected chi connectivity index (χ3v) is 9.43. The smallest absolute Gasteiger partial charge is 0.301 e. The second kappa shape index (κ2) is 12.1. The van der Waals surface area contributed by atoms with Gasteiger partial charge in [-0.15, -0.1) is 10.2 Å². The van der Waals surface area contributed by atoms with Crippen LogP contribution < -0.4 is 9.64 Å². The van der Waals surface area contributed by atoms with Crippen molar-refractivity contribution in [3.05, 3.63) is 113 Å². The number of hydrogen-bond acceptors (Lipinski definition) is 9. The van der Waals surface area contributed by atoms with Crippen molar-refractivity contribution in [2.75, 3.05) is 11.5 Å². The number of anilines is 1. The Morgan fingerprint density at radius 3 is 2.64 bits per heavy atom. The van der Waals surface area contributed by atoms with Crippen molar-refractivity contribution in [1.82, 2.24) is 10.2 Å². The molecule has 1 atom stereocenters. The van der Waals surface area contributed by atoms with Crippen molar-refractivity contribution < 1.29 is 28.9 Å². The standard InChI is InChI=1S/C33H26FN3O5S2/c1-3-42-26-16-20(13-14-25(26)38)28-27(29(39)21-12-11-18(2)24(34)15-21)30(40)31(41)37(28)32-35-36-33(44-32)43-17-22-9-6-8-19-7-4-5-10-23(19)22/h4-16,28,38-39H,3,17H2,1-2H3/b29-27+. The van der Waals surface area contributed by atoms with Crippen molar-refractivity contribution in [3.63, 3.8) is 0 Å². The summed E-state index contributed by atoms with van der Waals surface area (Å²) in [6, 6.07) is 21.5. The molecule has 1 unspecified atom stereocenters. The maximum absolute atomic E-state index is 14.5. The summed E-state index contributed by atoms with van der Waals surface area (Å²) in [5.41, 5.74) is 1.65. The minimum Gasteiger partial charge on any atom is -0.507 e. The molecule has 1 saturated heterocycles. The monoisotopic (exact) mass is 627 g/mol. The van der Waals surface area contributed by atoms with Crippen molar-refractivity contribution in [3.8, 4) is 11.5 Å². The third kappa shape index (κ3) is 5.40. The van der Waals surface area contributed by atoms with Gasteiger partial charge in [0, 0.05) is 11.3 Å². The molecule has 4 aromatic carbocycles. The number of amides is 1. The molecule has 6 rings (SSSR count). The number of aryl methyl sites for hydroxylation is 1. The highest BCUT2D eigenvalue weighted by Gasteiger charge is 2.48. The number of phenols is 1. The molecule has 0 aliphatic carbocycles. The summed E-state index contributed by atoms with van der Waals surface area (Å²) < 4.78 is 20.6. The van der Waals surface area contributed by atoms with E-state index in [9.17, 15) is 24.2 Å². The maximum Gasteiger partial charge on any atom is 0.301 e. The lowest BCUT2D eigenvalue weighted by molar-refractivity contribution is -0.132. The maximum atomic E-state index is 14.5. The number of carbonyl (C=O) groups is 2. The first-order chi connectivity index (χ1) is 21.3. The van der Waals surface area contributed by atoms with Gasteiger partial charge in [0.2, 0.25) is 5.13 Å². The lowest BCUT2D eigenvalue weighted by atomic mass is 9.95. The van der Waals surface area contributed by atoms with Crippen LogP contribution in [0.25, 0.3) is 16.5 Å². The zero-order valence-electron chi connectivity index (χ0n) is 23.7. The largest absolute Gasteiger partial charge is 0.507 e. The van der Waals surface area contributed by atoms with E-state index in [1.54, 1.807) is 13.8 Å². The Bertz CT molecular complexity index is 1950. The number of phenolic OH excluding ortho intramolecular Hbond substituents is 1. The van der Waals surface area contributed by atoms with E-state index in [0.29, 0.717) is 21.2 Å². The van der Waals surface area contributed by atoms with Gasteiger partial charge in [-0.3, -0.25) is 14.5 Å². The van der Waals surface area contributed by atoms with E-state index < -0.39 is 29.3 Å². The third-order valence-electron chi connectivity index (χ3n) is 7.32. The van der Waals surface area contributed by atoms with Crippen LogP contribution in [0.3, 0.4) is 0 Å². The van der Waals surface area contributed by atoms with Gasteiger partial charge in [-0.2, -0.15) is 0 Å². The van der Waals surface area contributed by atoms with Crippen LogP contribution in [-0.2, 0) is 15.3 Å². The molecule has 2 heterocycles. The first-order valence-electron chi connectivity index (χ1n) is 13.7. The molecule has 1 fully saturated rings. The van der Waals surface area contributed by atoms with E-state index in [2.05, 4.69) is 28.4 Å². The minimum absolute atomic E-state index is 0.0449. The van der Waals surface area contributed by atoms with Crippen LogP contribution in [0.15, 0.2) is 88.8 Å². The molecular weight excluding hydrogens is 602 g/mol. The molecule has 5 aromatic rings. The predicted octanol–water partition coefficient (Wildman–Crippen LogP) is 7.16. The topological polar surface area (TPSA) is 113 Å². The van der Waals surface area contributed by atoms with Gasteiger partial charge in [0.05, 0.1) is 18.2 Å². The van der Waals surface area contributed by atoms with Crippen LogP contribution in [0.1, 0.15) is 35.2 Å². The van der Waals surface area contributed by atoms with Gasteiger partial charge in [0.25, 0.3) is 5.78 Å². The molecule has 0 spiro atoms. The number of aliphatic hydroxyl groups excluding tert-OH is 1. The SMILES string of the molecule is CCOc1cc(C2/C(=C(\O)c3ccc(C)c(F)c3)C(=O)C(=O)N2c2nnc(SCc3cccc4ccccc34)s2)ccc1O. The quantitative estimate of drug-likeness (QED) is 0.0613. The molecule has 1 aromatic heterocycles. The summed E-state index contributed by atoms with van der Waals surface area (Å²) in [7, 11) is 0. The molecule has 1 aliphatic heterocycles. The van der Waals surface area contributed by atoms with Crippen LogP contribution in [-0.4, -0.2) is 38.7 Å². The number of ketones is 1. The average molecular weight is 628 g/mol. The Balaban J connectivity index is 1.40. The van der Waals surface area contributed by atoms with Gasteiger partial charge >= 0.3 is 5.91 Å². The number of nitrogens with zero attached hydrogens (tertiary/aromatic N) is 3. The number of aliphatic hydroxyl groups is 1. The van der Waals surface area contributed by atoms with E-state index in [0.717, 1.165) is 33.7 Å². The summed E-state index contributed by atoms with van der Waals surface area (Å²) >= 11 is 2.59. The number of hydrogen-bond donors (Lipinski definition) is 2. The highest BCUT2D eigenvalue weighted by Crippen LogP contribution is 2.45. The van der Waals surface area contributed by atoms with Crippen molar-refractivity contribution >= 4 is 56.5 Å². The van der Waals surface area contributed by atoms with Crippen molar-refractivity contribution in [2.45, 2.75) is 30.0 Å². The molecule has 0 saturated carbocycles. The van der Waals surface area contributed by atoms with E-state index in [1.165, 1.54) is 47.0 Å². The average Bonchev–Trinajstić information content (AvgIpc) is 3.60. The Morgan fingerprint density at radius 1 is 1.05 bits per heavy atom.